The maximum absolute atomic E-state index is 16.9. The standard InChI is InChI=1S/C44H17BF19/c1-2-15-11-12-19(20-6-4-3-5-18(15)20)16-7-9-17(10-8-16)23-30(50)32(52)24(33(53)31(23)51)45(25-34(54)40(60)44(64)41(61)35(25)55,13-21-26(46)36(56)42(62)37(57)27(21)47)14-22-28(48)38(58)43(63)39(59)29(22)49/h2-12H,1,13-14H2/q-1. The fourth-order valence-electron chi connectivity index (χ4n) is 8.04. The number of rotatable bonds is 9. The van der Waals surface area contributed by atoms with Gasteiger partial charge in [0.05, 0.1) is 11.7 Å². The van der Waals surface area contributed by atoms with Gasteiger partial charge in [-0.2, -0.15) is 0 Å². The molecule has 0 fully saturated rings. The van der Waals surface area contributed by atoms with Gasteiger partial charge in [0.1, 0.15) is 23.3 Å². The van der Waals surface area contributed by atoms with Crippen LogP contribution in [0.3, 0.4) is 0 Å². The van der Waals surface area contributed by atoms with Gasteiger partial charge in [0.25, 0.3) is 0 Å². The van der Waals surface area contributed by atoms with Crippen LogP contribution < -0.4 is 10.9 Å². The van der Waals surface area contributed by atoms with Gasteiger partial charge in [-0.05, 0) is 44.2 Å². The summed E-state index contributed by atoms with van der Waals surface area (Å²) in [4.78, 5) is 0. The fraction of sp³-hybridized carbons (Fsp3) is 0.0455. The second-order valence-electron chi connectivity index (χ2n) is 14.3. The zero-order chi connectivity index (χ0) is 47.0. The highest BCUT2D eigenvalue weighted by Crippen LogP contribution is 2.38. The monoisotopic (exact) mass is 917 g/mol. The Balaban J connectivity index is 1.59. The van der Waals surface area contributed by atoms with Crippen molar-refractivity contribution >= 4 is 33.9 Å². The summed E-state index contributed by atoms with van der Waals surface area (Å²) in [6, 6.07) is 14.1. The molecule has 7 aromatic carbocycles. The molecular weight excluding hydrogens is 900 g/mol. The fourth-order valence-corrected chi connectivity index (χ4v) is 8.04. The van der Waals surface area contributed by atoms with Crippen LogP contribution in [0.4, 0.5) is 83.4 Å². The molecule has 0 N–H and O–H groups in total. The highest BCUT2D eigenvalue weighted by molar-refractivity contribution is 7.01. The summed E-state index contributed by atoms with van der Waals surface area (Å²) in [7, 11) is 0. The number of benzene rings is 7. The lowest BCUT2D eigenvalue weighted by Crippen LogP contribution is -2.68. The van der Waals surface area contributed by atoms with Crippen molar-refractivity contribution in [2.24, 2.45) is 0 Å². The zero-order valence-corrected chi connectivity index (χ0v) is 31.2. The second kappa shape index (κ2) is 16.4. The minimum atomic E-state index is -5.98. The van der Waals surface area contributed by atoms with Gasteiger partial charge >= 0.3 is 0 Å². The Morgan fingerprint density at radius 1 is 0.344 bits per heavy atom. The third kappa shape index (κ3) is 6.75. The van der Waals surface area contributed by atoms with Gasteiger partial charge in [-0.25, -0.2) is 83.4 Å². The van der Waals surface area contributed by atoms with E-state index < -0.39 is 162 Å². The van der Waals surface area contributed by atoms with Crippen molar-refractivity contribution in [1.29, 1.82) is 0 Å². The minimum absolute atomic E-state index is 0.299. The zero-order valence-electron chi connectivity index (χ0n) is 31.2. The van der Waals surface area contributed by atoms with Crippen molar-refractivity contribution in [3.63, 3.8) is 0 Å². The summed E-state index contributed by atoms with van der Waals surface area (Å²) >= 11 is 0. The molecule has 0 aliphatic rings. The predicted molar refractivity (Wildman–Crippen MR) is 196 cm³/mol. The Labute approximate surface area is 346 Å². The number of hydrogen-bond donors (Lipinski definition) is 0. The van der Waals surface area contributed by atoms with E-state index in [-0.39, 0.29) is 0 Å². The van der Waals surface area contributed by atoms with Crippen LogP contribution >= 0.6 is 0 Å². The molecule has 20 heteroatoms. The molecular formula is C44H17BF19-. The van der Waals surface area contributed by atoms with Crippen LogP contribution in [0.25, 0.3) is 39.1 Å². The SMILES string of the molecule is C=Cc1ccc(-c2ccc(-c3c(F)c(F)c([B-](Cc4c(F)c(F)c(F)c(F)c4F)(Cc4c(F)c(F)c(F)c(F)c4F)c4c(F)c(F)c(F)c(F)c4F)c(F)c3F)cc2)c2ccccc12. The normalized spacial score (nSPS) is 11.9. The molecule has 0 amide bonds. The van der Waals surface area contributed by atoms with Crippen molar-refractivity contribution in [2.75, 3.05) is 0 Å². The van der Waals surface area contributed by atoms with E-state index in [4.69, 9.17) is 0 Å². The van der Waals surface area contributed by atoms with E-state index in [1.165, 1.54) is 12.1 Å². The molecule has 0 radical (unpaired) electrons. The maximum Gasteiger partial charge on any atom is 0.200 e. The van der Waals surface area contributed by atoms with Crippen LogP contribution in [0.15, 0.2) is 67.2 Å². The molecule has 0 aliphatic heterocycles. The Kier molecular flexibility index (Phi) is 11.6. The van der Waals surface area contributed by atoms with Crippen LogP contribution in [0, 0.1) is 111 Å². The van der Waals surface area contributed by atoms with Gasteiger partial charge in [0, 0.05) is 0 Å². The van der Waals surface area contributed by atoms with Crippen LogP contribution in [0.1, 0.15) is 16.7 Å². The molecule has 0 aliphatic carbocycles. The maximum atomic E-state index is 16.9. The molecule has 7 rings (SSSR count). The highest BCUT2D eigenvalue weighted by atomic mass is 19.2. The summed E-state index contributed by atoms with van der Waals surface area (Å²) in [6.07, 6.45) is -10.1. The minimum Gasteiger partial charge on any atom is -0.207 e. The Bertz CT molecular complexity index is 2940. The summed E-state index contributed by atoms with van der Waals surface area (Å²) in [5.74, 6) is -58.0. The summed E-state index contributed by atoms with van der Waals surface area (Å²) in [6.45, 7) is 3.72. The van der Waals surface area contributed by atoms with Crippen molar-refractivity contribution in [3.8, 4) is 22.3 Å². The first kappa shape index (κ1) is 45.3. The molecule has 0 bridgehead atoms. The van der Waals surface area contributed by atoms with E-state index >= 15 is 52.7 Å². The predicted octanol–water partition coefficient (Wildman–Crippen LogP) is 12.6. The Hall–Kier alpha value is -6.73. The van der Waals surface area contributed by atoms with Gasteiger partial charge in [-0.1, -0.05) is 73.3 Å². The summed E-state index contributed by atoms with van der Waals surface area (Å²) in [5.41, 5.74) is -11.8. The third-order valence-corrected chi connectivity index (χ3v) is 11.0. The molecule has 0 heterocycles. The van der Waals surface area contributed by atoms with E-state index in [9.17, 15) is 30.7 Å². The lowest BCUT2D eigenvalue weighted by molar-refractivity contribution is 0.370. The second-order valence-corrected chi connectivity index (χ2v) is 14.3. The Morgan fingerprint density at radius 3 is 1.06 bits per heavy atom. The average Bonchev–Trinajstić information content (AvgIpc) is 3.29. The van der Waals surface area contributed by atoms with Gasteiger partial charge in [-0.15, -0.1) is 23.6 Å². The van der Waals surface area contributed by atoms with E-state index in [1.54, 1.807) is 42.5 Å². The molecule has 0 nitrogen and oxygen atoms in total. The lowest BCUT2D eigenvalue weighted by Gasteiger charge is -2.43. The van der Waals surface area contributed by atoms with Gasteiger partial charge in [-0.3, -0.25) is 0 Å². The quantitative estimate of drug-likeness (QED) is 0.0586. The van der Waals surface area contributed by atoms with Crippen LogP contribution in [0.2, 0.25) is 0 Å². The average molecular weight is 917 g/mol. The molecule has 330 valence electrons. The Morgan fingerprint density at radius 2 is 0.672 bits per heavy atom. The van der Waals surface area contributed by atoms with Crippen molar-refractivity contribution in [3.05, 3.63) is 194 Å². The lowest BCUT2D eigenvalue weighted by atomic mass is 9.14. The summed E-state index contributed by atoms with van der Waals surface area (Å²) < 4.78 is 292. The molecule has 0 saturated heterocycles. The molecule has 0 atom stereocenters. The van der Waals surface area contributed by atoms with Gasteiger partial charge < -0.3 is 0 Å². The topological polar surface area (TPSA) is 0 Å². The van der Waals surface area contributed by atoms with Gasteiger partial charge in [0.2, 0.25) is 11.6 Å². The van der Waals surface area contributed by atoms with Crippen LogP contribution in [-0.4, -0.2) is 6.15 Å². The van der Waals surface area contributed by atoms with Crippen molar-refractivity contribution in [2.45, 2.75) is 12.6 Å². The first-order chi connectivity index (χ1) is 30.1. The highest BCUT2D eigenvalue weighted by Gasteiger charge is 2.46. The first-order valence-electron chi connectivity index (χ1n) is 17.9. The van der Waals surface area contributed by atoms with Crippen molar-refractivity contribution in [1.82, 2.24) is 0 Å². The van der Waals surface area contributed by atoms with E-state index in [0.717, 1.165) is 12.1 Å². The summed E-state index contributed by atoms with van der Waals surface area (Å²) in [5, 5.41) is 1.30. The molecule has 7 aromatic rings. The number of hydrogen-bond acceptors (Lipinski definition) is 0. The number of fused-ring (bicyclic) bond motifs is 1. The van der Waals surface area contributed by atoms with Gasteiger partial charge in [0.15, 0.2) is 75.6 Å². The van der Waals surface area contributed by atoms with E-state index in [0.29, 0.717) is 27.5 Å². The van der Waals surface area contributed by atoms with Crippen LogP contribution in [-0.2, 0) is 12.6 Å². The molecule has 64 heavy (non-hydrogen) atoms. The first-order valence-corrected chi connectivity index (χ1v) is 17.9. The van der Waals surface area contributed by atoms with Crippen molar-refractivity contribution < 1.29 is 83.4 Å². The largest absolute Gasteiger partial charge is 0.207 e. The number of halogens is 19. The van der Waals surface area contributed by atoms with Crippen LogP contribution in [0.5, 0.6) is 0 Å². The van der Waals surface area contributed by atoms with E-state index in [2.05, 4.69) is 6.58 Å². The smallest absolute Gasteiger partial charge is 0.200 e. The molecule has 0 saturated carbocycles. The molecule has 0 unspecified atom stereocenters. The van der Waals surface area contributed by atoms with E-state index in [1.807, 2.05) is 0 Å². The molecule has 0 spiro atoms. The third-order valence-electron chi connectivity index (χ3n) is 11.0. The molecule has 0 aromatic heterocycles.